The molecule has 3 aromatic rings. The third-order valence-corrected chi connectivity index (χ3v) is 7.32. The van der Waals surface area contributed by atoms with Crippen molar-refractivity contribution >= 4 is 39.2 Å². The number of carbonyl (C=O) groups is 1. The number of thiophene rings is 1. The Balaban J connectivity index is 1.26. The number of benzene rings is 1. The first-order valence-corrected chi connectivity index (χ1v) is 11.5. The molecule has 150 valence electrons. The number of carbonyl (C=O) groups excluding carboxylic acids is 1. The molecule has 2 aromatic heterocycles. The van der Waals surface area contributed by atoms with Crippen molar-refractivity contribution in [1.29, 1.82) is 0 Å². The van der Waals surface area contributed by atoms with Crippen molar-refractivity contribution in [2.24, 2.45) is 0 Å². The van der Waals surface area contributed by atoms with Gasteiger partial charge in [0.2, 0.25) is 12.7 Å². The van der Waals surface area contributed by atoms with Crippen LogP contribution in [0.3, 0.4) is 0 Å². The van der Waals surface area contributed by atoms with Crippen LogP contribution in [0.4, 0.5) is 0 Å². The van der Waals surface area contributed by atoms with E-state index in [1.165, 1.54) is 40.4 Å². The van der Waals surface area contributed by atoms with E-state index >= 15 is 0 Å². The van der Waals surface area contributed by atoms with Crippen LogP contribution >= 0.6 is 23.1 Å². The largest absolute Gasteiger partial charge is 0.454 e. The van der Waals surface area contributed by atoms with Crippen LogP contribution in [0.5, 0.6) is 11.5 Å². The highest BCUT2D eigenvalue weighted by atomic mass is 32.2. The fraction of sp³-hybridized carbons (Fsp3) is 0.381. The van der Waals surface area contributed by atoms with Crippen LogP contribution in [0.1, 0.15) is 34.7 Å². The van der Waals surface area contributed by atoms with Crippen LogP contribution in [0.25, 0.3) is 10.2 Å². The standard InChI is InChI=1S/C21H21N3O3S2/c1-12-23-20(19-14-4-2-3-5-17(14)29-21(19)24-12)28-10-18(25)22-9-13-6-7-15-16(8-13)27-11-26-15/h6-8H,2-5,9-11H2,1H3,(H,22,25). The average Bonchev–Trinajstić information content (AvgIpc) is 3.33. The van der Waals surface area contributed by atoms with Gasteiger partial charge < -0.3 is 14.8 Å². The van der Waals surface area contributed by atoms with E-state index in [1.54, 1.807) is 11.3 Å². The zero-order valence-corrected chi connectivity index (χ0v) is 17.8. The Hall–Kier alpha value is -2.32. The summed E-state index contributed by atoms with van der Waals surface area (Å²) in [4.78, 5) is 24.3. The first kappa shape index (κ1) is 18.7. The highest BCUT2D eigenvalue weighted by molar-refractivity contribution is 8.00. The molecule has 8 heteroatoms. The molecule has 1 amide bonds. The van der Waals surface area contributed by atoms with Gasteiger partial charge in [-0.25, -0.2) is 9.97 Å². The summed E-state index contributed by atoms with van der Waals surface area (Å²) in [6.07, 6.45) is 4.69. The third-order valence-electron chi connectivity index (χ3n) is 5.16. The van der Waals surface area contributed by atoms with Crippen molar-refractivity contribution in [3.8, 4) is 11.5 Å². The Morgan fingerprint density at radius 1 is 1.21 bits per heavy atom. The van der Waals surface area contributed by atoms with E-state index < -0.39 is 0 Å². The summed E-state index contributed by atoms with van der Waals surface area (Å²) in [6.45, 7) is 2.63. The molecule has 0 saturated carbocycles. The second-order valence-electron chi connectivity index (χ2n) is 7.22. The lowest BCUT2D eigenvalue weighted by atomic mass is 9.97. The molecule has 0 radical (unpaired) electrons. The molecule has 6 nitrogen and oxygen atoms in total. The Bertz CT molecular complexity index is 1100. The molecule has 0 atom stereocenters. The lowest BCUT2D eigenvalue weighted by molar-refractivity contribution is -0.118. The Morgan fingerprint density at radius 2 is 2.07 bits per heavy atom. The topological polar surface area (TPSA) is 73.3 Å². The van der Waals surface area contributed by atoms with Gasteiger partial charge in [0.25, 0.3) is 0 Å². The Labute approximate surface area is 177 Å². The summed E-state index contributed by atoms with van der Waals surface area (Å²) in [5.74, 6) is 2.56. The SMILES string of the molecule is Cc1nc(SCC(=O)NCc2ccc3c(c2)OCO3)c2c3c(sc2n1)CCCC3. The van der Waals surface area contributed by atoms with Gasteiger partial charge in [0.05, 0.1) is 5.75 Å². The van der Waals surface area contributed by atoms with Crippen molar-refractivity contribution < 1.29 is 14.3 Å². The van der Waals surface area contributed by atoms with E-state index in [1.807, 2.05) is 25.1 Å². The molecule has 0 bridgehead atoms. The lowest BCUT2D eigenvalue weighted by Gasteiger charge is -2.12. The molecule has 1 aliphatic heterocycles. The van der Waals surface area contributed by atoms with Gasteiger partial charge >= 0.3 is 0 Å². The summed E-state index contributed by atoms with van der Waals surface area (Å²) in [6, 6.07) is 5.72. The molecular weight excluding hydrogens is 406 g/mol. The van der Waals surface area contributed by atoms with Gasteiger partial charge in [-0.2, -0.15) is 0 Å². The lowest BCUT2D eigenvalue weighted by Crippen LogP contribution is -2.24. The van der Waals surface area contributed by atoms with Crippen LogP contribution in [0.15, 0.2) is 23.2 Å². The van der Waals surface area contributed by atoms with Gasteiger partial charge in [0.15, 0.2) is 11.5 Å². The zero-order valence-electron chi connectivity index (χ0n) is 16.1. The maximum atomic E-state index is 12.4. The number of fused-ring (bicyclic) bond motifs is 4. The van der Waals surface area contributed by atoms with Crippen molar-refractivity contribution in [3.05, 3.63) is 40.0 Å². The maximum absolute atomic E-state index is 12.4. The van der Waals surface area contributed by atoms with E-state index in [4.69, 9.17) is 9.47 Å². The van der Waals surface area contributed by atoms with E-state index in [0.29, 0.717) is 12.3 Å². The molecule has 3 heterocycles. The predicted molar refractivity (Wildman–Crippen MR) is 114 cm³/mol. The number of hydrogen-bond donors (Lipinski definition) is 1. The van der Waals surface area contributed by atoms with E-state index in [-0.39, 0.29) is 12.7 Å². The molecule has 1 aromatic carbocycles. The number of ether oxygens (including phenoxy) is 2. The molecule has 5 rings (SSSR count). The number of thioether (sulfide) groups is 1. The van der Waals surface area contributed by atoms with Crippen molar-refractivity contribution in [2.45, 2.75) is 44.2 Å². The quantitative estimate of drug-likeness (QED) is 0.490. The summed E-state index contributed by atoms with van der Waals surface area (Å²) in [5.41, 5.74) is 2.39. The molecular formula is C21H21N3O3S2. The zero-order chi connectivity index (χ0) is 19.8. The highest BCUT2D eigenvalue weighted by Gasteiger charge is 2.21. The predicted octanol–water partition coefficient (Wildman–Crippen LogP) is 4.02. The molecule has 0 saturated heterocycles. The van der Waals surface area contributed by atoms with Gasteiger partial charge in [0.1, 0.15) is 15.7 Å². The molecule has 0 unspecified atom stereocenters. The van der Waals surface area contributed by atoms with Gasteiger partial charge in [-0.15, -0.1) is 11.3 Å². The highest BCUT2D eigenvalue weighted by Crippen LogP contribution is 2.39. The van der Waals surface area contributed by atoms with Crippen LogP contribution in [0, 0.1) is 6.92 Å². The van der Waals surface area contributed by atoms with Gasteiger partial charge in [-0.3, -0.25) is 4.79 Å². The molecule has 29 heavy (non-hydrogen) atoms. The van der Waals surface area contributed by atoms with E-state index in [9.17, 15) is 4.79 Å². The summed E-state index contributed by atoms with van der Waals surface area (Å²) < 4.78 is 10.7. The molecule has 0 fully saturated rings. The van der Waals surface area contributed by atoms with E-state index in [0.717, 1.165) is 45.6 Å². The smallest absolute Gasteiger partial charge is 0.231 e. The fourth-order valence-electron chi connectivity index (χ4n) is 3.77. The van der Waals surface area contributed by atoms with Crippen molar-refractivity contribution in [2.75, 3.05) is 12.5 Å². The third kappa shape index (κ3) is 3.79. The van der Waals surface area contributed by atoms with E-state index in [2.05, 4.69) is 15.3 Å². The Morgan fingerprint density at radius 3 is 3.00 bits per heavy atom. The second-order valence-corrected chi connectivity index (χ2v) is 9.27. The number of hydrogen-bond acceptors (Lipinski definition) is 7. The molecule has 0 spiro atoms. The fourth-order valence-corrected chi connectivity index (χ4v) is 6.07. The van der Waals surface area contributed by atoms with Gasteiger partial charge in [-0.1, -0.05) is 17.8 Å². The minimum atomic E-state index is -0.0128. The molecule has 1 N–H and O–H groups in total. The minimum Gasteiger partial charge on any atom is -0.454 e. The number of aromatic nitrogens is 2. The van der Waals surface area contributed by atoms with Crippen LogP contribution < -0.4 is 14.8 Å². The summed E-state index contributed by atoms with van der Waals surface area (Å²) >= 11 is 3.30. The maximum Gasteiger partial charge on any atom is 0.231 e. The second kappa shape index (κ2) is 7.84. The van der Waals surface area contributed by atoms with Crippen molar-refractivity contribution in [1.82, 2.24) is 15.3 Å². The first-order valence-electron chi connectivity index (χ1n) is 9.74. The first-order chi connectivity index (χ1) is 14.2. The van der Waals surface area contributed by atoms with Gasteiger partial charge in [-0.05, 0) is 55.9 Å². The number of nitrogens with one attached hydrogen (secondary N) is 1. The monoisotopic (exact) mass is 427 g/mol. The normalized spacial score (nSPS) is 14.8. The van der Waals surface area contributed by atoms with Crippen molar-refractivity contribution in [3.63, 3.8) is 0 Å². The summed E-state index contributed by atoms with van der Waals surface area (Å²) in [5, 5.41) is 5.09. The summed E-state index contributed by atoms with van der Waals surface area (Å²) in [7, 11) is 0. The number of aryl methyl sites for hydroxylation is 3. The molecule has 2 aliphatic rings. The van der Waals surface area contributed by atoms with Crippen LogP contribution in [-0.2, 0) is 24.2 Å². The Kier molecular flexibility index (Phi) is 5.05. The minimum absolute atomic E-state index is 0.0128. The van der Waals surface area contributed by atoms with Gasteiger partial charge in [0, 0.05) is 16.8 Å². The number of rotatable bonds is 5. The van der Waals surface area contributed by atoms with Crippen LogP contribution in [-0.4, -0.2) is 28.4 Å². The number of nitrogens with zero attached hydrogens (tertiary/aromatic N) is 2. The molecule has 1 aliphatic carbocycles. The number of amides is 1. The van der Waals surface area contributed by atoms with Crippen LogP contribution in [0.2, 0.25) is 0 Å². The average molecular weight is 428 g/mol.